The molecule has 1 aromatic carbocycles. The van der Waals surface area contributed by atoms with Crippen LogP contribution in [0.5, 0.6) is 5.88 Å². The van der Waals surface area contributed by atoms with Crippen LogP contribution in [-0.4, -0.2) is 11.6 Å². The molecule has 1 aliphatic carbocycles. The fraction of sp³-hybridized carbons (Fsp3) is 0.312. The number of anilines is 1. The van der Waals surface area contributed by atoms with Gasteiger partial charge in [-0.2, -0.15) is 0 Å². The third kappa shape index (κ3) is 3.45. The topological polar surface area (TPSA) is 48.1 Å². The van der Waals surface area contributed by atoms with Crippen molar-refractivity contribution in [3.05, 3.63) is 42.0 Å². The average molecular weight is 286 g/mol. The molecule has 0 bridgehead atoms. The van der Waals surface area contributed by atoms with Crippen LogP contribution in [-0.2, 0) is 0 Å². The van der Waals surface area contributed by atoms with E-state index in [9.17, 15) is 0 Å². The number of nitrogens with two attached hydrogens (primary N) is 1. The van der Waals surface area contributed by atoms with Crippen molar-refractivity contribution in [3.8, 4) is 5.88 Å². The third-order valence-electron chi connectivity index (χ3n) is 3.26. The fourth-order valence-corrected chi connectivity index (χ4v) is 2.59. The smallest absolute Gasteiger partial charge is 0.238 e. The van der Waals surface area contributed by atoms with E-state index in [0.717, 1.165) is 11.6 Å². The average Bonchev–Trinajstić information content (AvgIpc) is 3.26. The van der Waals surface area contributed by atoms with E-state index < -0.39 is 0 Å². The number of nitrogens with zero attached hydrogens (tertiary/aromatic N) is 1. The molecular weight excluding hydrogens is 268 g/mol. The van der Waals surface area contributed by atoms with Crippen LogP contribution in [0.3, 0.4) is 0 Å². The number of nitrogen functional groups attached to an aromatic ring is 1. The molecule has 0 spiro atoms. The Balaban J connectivity index is 1.71. The van der Waals surface area contributed by atoms with E-state index in [2.05, 4.69) is 36.2 Å². The van der Waals surface area contributed by atoms with E-state index in [-0.39, 0.29) is 0 Å². The standard InChI is InChI=1S/C16H18N2OS/c1-11-2-6-13(7-3-11)20-15-9-8-14(17)16(18-15)19-10-12-4-5-12/h2-3,6-9,12H,4-5,10,17H2,1H3. The molecule has 1 aromatic heterocycles. The van der Waals surface area contributed by atoms with Gasteiger partial charge in [-0.05, 0) is 49.9 Å². The highest BCUT2D eigenvalue weighted by atomic mass is 32.2. The summed E-state index contributed by atoms with van der Waals surface area (Å²) < 4.78 is 5.71. The van der Waals surface area contributed by atoms with Crippen molar-refractivity contribution in [1.29, 1.82) is 0 Å². The fourth-order valence-electron chi connectivity index (χ4n) is 1.82. The molecule has 0 aliphatic heterocycles. The molecule has 104 valence electrons. The molecule has 0 amide bonds. The Hall–Kier alpha value is -1.68. The van der Waals surface area contributed by atoms with Crippen LogP contribution in [0.25, 0.3) is 0 Å². The number of pyridine rings is 1. The Kier molecular flexibility index (Phi) is 3.83. The molecular formula is C16H18N2OS. The molecule has 0 radical (unpaired) electrons. The molecule has 1 fully saturated rings. The second kappa shape index (κ2) is 5.75. The first kappa shape index (κ1) is 13.3. The Morgan fingerprint density at radius 1 is 1.20 bits per heavy atom. The van der Waals surface area contributed by atoms with Crippen molar-refractivity contribution < 1.29 is 4.74 Å². The molecule has 1 heterocycles. The van der Waals surface area contributed by atoms with Crippen molar-refractivity contribution in [2.24, 2.45) is 5.92 Å². The highest BCUT2D eigenvalue weighted by Crippen LogP contribution is 2.32. The lowest BCUT2D eigenvalue weighted by Gasteiger charge is -2.09. The minimum Gasteiger partial charge on any atom is -0.476 e. The quantitative estimate of drug-likeness (QED) is 0.905. The van der Waals surface area contributed by atoms with E-state index in [1.54, 1.807) is 11.8 Å². The molecule has 3 rings (SSSR count). The summed E-state index contributed by atoms with van der Waals surface area (Å²) >= 11 is 1.62. The molecule has 3 nitrogen and oxygen atoms in total. The summed E-state index contributed by atoms with van der Waals surface area (Å²) in [6, 6.07) is 12.2. The maximum Gasteiger partial charge on any atom is 0.238 e. The van der Waals surface area contributed by atoms with E-state index in [0.29, 0.717) is 17.5 Å². The molecule has 4 heteroatoms. The zero-order chi connectivity index (χ0) is 13.9. The molecule has 2 N–H and O–H groups in total. The van der Waals surface area contributed by atoms with Gasteiger partial charge in [-0.15, -0.1) is 0 Å². The summed E-state index contributed by atoms with van der Waals surface area (Å²) in [5, 5.41) is 0.911. The molecule has 2 aromatic rings. The first-order valence-corrected chi connectivity index (χ1v) is 7.66. The van der Waals surface area contributed by atoms with Gasteiger partial charge < -0.3 is 10.5 Å². The maximum absolute atomic E-state index is 5.91. The van der Waals surface area contributed by atoms with Gasteiger partial charge in [0.05, 0.1) is 12.3 Å². The van der Waals surface area contributed by atoms with Crippen LogP contribution in [0.4, 0.5) is 5.69 Å². The van der Waals surface area contributed by atoms with Gasteiger partial charge in [0.2, 0.25) is 5.88 Å². The van der Waals surface area contributed by atoms with Crippen molar-refractivity contribution in [3.63, 3.8) is 0 Å². The number of aromatic nitrogens is 1. The van der Waals surface area contributed by atoms with Crippen molar-refractivity contribution in [2.75, 3.05) is 12.3 Å². The van der Waals surface area contributed by atoms with Crippen LogP contribution < -0.4 is 10.5 Å². The predicted octanol–water partition coefficient (Wildman–Crippen LogP) is 3.91. The number of aryl methyl sites for hydroxylation is 1. The number of hydrogen-bond acceptors (Lipinski definition) is 4. The first-order chi connectivity index (χ1) is 9.70. The van der Waals surface area contributed by atoms with Crippen LogP contribution in [0, 0.1) is 12.8 Å². The lowest BCUT2D eigenvalue weighted by molar-refractivity contribution is 0.288. The molecule has 0 unspecified atom stereocenters. The van der Waals surface area contributed by atoms with E-state index in [1.807, 2.05) is 12.1 Å². The van der Waals surface area contributed by atoms with Gasteiger partial charge in [-0.3, -0.25) is 0 Å². The normalized spacial score (nSPS) is 14.2. The van der Waals surface area contributed by atoms with Crippen molar-refractivity contribution in [1.82, 2.24) is 4.98 Å². The van der Waals surface area contributed by atoms with Crippen LogP contribution in [0.2, 0.25) is 0 Å². The van der Waals surface area contributed by atoms with E-state index in [1.165, 1.54) is 23.3 Å². The largest absolute Gasteiger partial charge is 0.476 e. The lowest BCUT2D eigenvalue weighted by Crippen LogP contribution is -2.04. The van der Waals surface area contributed by atoms with Crippen LogP contribution in [0.1, 0.15) is 18.4 Å². The summed E-state index contributed by atoms with van der Waals surface area (Å²) in [5.41, 5.74) is 7.78. The summed E-state index contributed by atoms with van der Waals surface area (Å²) in [7, 11) is 0. The Bertz CT molecular complexity index is 594. The minimum absolute atomic E-state index is 0.564. The number of rotatable bonds is 5. The van der Waals surface area contributed by atoms with E-state index in [4.69, 9.17) is 10.5 Å². The number of hydrogen-bond donors (Lipinski definition) is 1. The molecule has 0 saturated heterocycles. The summed E-state index contributed by atoms with van der Waals surface area (Å²) in [4.78, 5) is 5.67. The number of ether oxygens (including phenoxy) is 1. The zero-order valence-electron chi connectivity index (χ0n) is 11.5. The van der Waals surface area contributed by atoms with Gasteiger partial charge in [-0.25, -0.2) is 4.98 Å². The maximum atomic E-state index is 5.91. The van der Waals surface area contributed by atoms with Gasteiger partial charge in [0, 0.05) is 4.90 Å². The Morgan fingerprint density at radius 2 is 1.95 bits per heavy atom. The van der Waals surface area contributed by atoms with Crippen molar-refractivity contribution in [2.45, 2.75) is 29.7 Å². The van der Waals surface area contributed by atoms with E-state index >= 15 is 0 Å². The van der Waals surface area contributed by atoms with Crippen LogP contribution >= 0.6 is 11.8 Å². The van der Waals surface area contributed by atoms with Crippen LogP contribution in [0.15, 0.2) is 46.3 Å². The summed E-state index contributed by atoms with van der Waals surface area (Å²) in [6.07, 6.45) is 2.52. The zero-order valence-corrected chi connectivity index (χ0v) is 12.3. The SMILES string of the molecule is Cc1ccc(Sc2ccc(N)c(OCC3CC3)n2)cc1. The summed E-state index contributed by atoms with van der Waals surface area (Å²) in [6.45, 7) is 2.82. The lowest BCUT2D eigenvalue weighted by atomic mass is 10.2. The predicted molar refractivity (Wildman–Crippen MR) is 82.2 cm³/mol. The second-order valence-corrected chi connectivity index (χ2v) is 6.31. The summed E-state index contributed by atoms with van der Waals surface area (Å²) in [5.74, 6) is 1.26. The second-order valence-electron chi connectivity index (χ2n) is 5.21. The number of benzene rings is 1. The highest BCUT2D eigenvalue weighted by Gasteiger charge is 2.22. The van der Waals surface area contributed by atoms with Crippen molar-refractivity contribution >= 4 is 17.4 Å². The monoisotopic (exact) mass is 286 g/mol. The van der Waals surface area contributed by atoms with Gasteiger partial charge in [0.25, 0.3) is 0 Å². The van der Waals surface area contributed by atoms with Gasteiger partial charge >= 0.3 is 0 Å². The Labute approximate surface area is 123 Å². The first-order valence-electron chi connectivity index (χ1n) is 6.84. The minimum atomic E-state index is 0.564. The molecule has 1 saturated carbocycles. The molecule has 0 atom stereocenters. The molecule has 20 heavy (non-hydrogen) atoms. The van der Waals surface area contributed by atoms with Gasteiger partial charge in [0.1, 0.15) is 5.03 Å². The highest BCUT2D eigenvalue weighted by molar-refractivity contribution is 7.99. The van der Waals surface area contributed by atoms with Gasteiger partial charge in [-0.1, -0.05) is 29.5 Å². The Morgan fingerprint density at radius 3 is 2.65 bits per heavy atom. The third-order valence-corrected chi connectivity index (χ3v) is 4.20. The van der Waals surface area contributed by atoms with Gasteiger partial charge in [0.15, 0.2) is 0 Å². The molecule has 1 aliphatic rings.